The number of pyridine rings is 1. The van der Waals surface area contributed by atoms with Gasteiger partial charge in [-0.15, -0.1) is 0 Å². The summed E-state index contributed by atoms with van der Waals surface area (Å²) in [6.45, 7) is 6.34. The van der Waals surface area contributed by atoms with E-state index in [2.05, 4.69) is 39.5 Å². The molecule has 2 heterocycles. The number of rotatable bonds is 10. The van der Waals surface area contributed by atoms with Gasteiger partial charge in [-0.05, 0) is 73.0 Å². The molecule has 0 aliphatic carbocycles. The van der Waals surface area contributed by atoms with E-state index in [1.165, 1.54) is 11.8 Å². The van der Waals surface area contributed by atoms with E-state index in [0.29, 0.717) is 17.3 Å². The molecule has 0 spiro atoms. The van der Waals surface area contributed by atoms with Gasteiger partial charge in [-0.3, -0.25) is 14.5 Å². The first kappa shape index (κ1) is 32.5. The van der Waals surface area contributed by atoms with Crippen molar-refractivity contribution in [2.24, 2.45) is 0 Å². The summed E-state index contributed by atoms with van der Waals surface area (Å²) in [6.07, 6.45) is -2.06. The third-order valence-corrected chi connectivity index (χ3v) is 7.94. The number of anilines is 2. The van der Waals surface area contributed by atoms with Crippen molar-refractivity contribution in [3.8, 4) is 11.6 Å². The maximum Gasteiger partial charge on any atom is 0.416 e. The van der Waals surface area contributed by atoms with Crippen molar-refractivity contribution in [3.05, 3.63) is 113 Å². The number of aryl methyl sites for hydroxylation is 1. The molecule has 1 aliphatic heterocycles. The number of carbonyl (C=O) groups excluding carboxylic acids is 2. The summed E-state index contributed by atoms with van der Waals surface area (Å²) in [5.74, 6) is 0.427. The van der Waals surface area contributed by atoms with E-state index in [1.54, 1.807) is 12.1 Å². The average molecular weight is 632 g/mol. The van der Waals surface area contributed by atoms with Crippen LogP contribution in [0.15, 0.2) is 91.1 Å². The zero-order valence-electron chi connectivity index (χ0n) is 25.8. The first-order valence-corrected chi connectivity index (χ1v) is 15.0. The summed E-state index contributed by atoms with van der Waals surface area (Å²) < 4.78 is 44.3. The summed E-state index contributed by atoms with van der Waals surface area (Å²) in [7, 11) is 1.89. The minimum Gasteiger partial charge on any atom is -0.439 e. The predicted octanol–water partition coefficient (Wildman–Crippen LogP) is 6.28. The van der Waals surface area contributed by atoms with Crippen molar-refractivity contribution >= 4 is 23.2 Å². The summed E-state index contributed by atoms with van der Waals surface area (Å²) in [4.78, 5) is 36.0. The summed E-state index contributed by atoms with van der Waals surface area (Å²) >= 11 is 0. The first-order valence-electron chi connectivity index (χ1n) is 15.0. The van der Waals surface area contributed by atoms with Crippen molar-refractivity contribution < 1.29 is 27.5 Å². The minimum atomic E-state index is -4.47. The van der Waals surface area contributed by atoms with E-state index in [9.17, 15) is 22.8 Å². The van der Waals surface area contributed by atoms with E-state index >= 15 is 0 Å². The number of aromatic nitrogens is 1. The Labute approximate surface area is 266 Å². The van der Waals surface area contributed by atoms with Crippen LogP contribution in [-0.4, -0.2) is 72.9 Å². The van der Waals surface area contributed by atoms with Crippen LogP contribution in [0.1, 0.15) is 27.0 Å². The van der Waals surface area contributed by atoms with Crippen molar-refractivity contribution in [2.45, 2.75) is 19.5 Å². The van der Waals surface area contributed by atoms with Gasteiger partial charge in [-0.2, -0.15) is 13.2 Å². The number of halogens is 3. The van der Waals surface area contributed by atoms with Crippen LogP contribution in [0.25, 0.3) is 0 Å². The highest BCUT2D eigenvalue weighted by Gasteiger charge is 2.30. The highest BCUT2D eigenvalue weighted by atomic mass is 19.4. The fourth-order valence-corrected chi connectivity index (χ4v) is 5.17. The molecule has 0 atom stereocenters. The number of amides is 2. The van der Waals surface area contributed by atoms with Crippen LogP contribution in [0.4, 0.5) is 24.5 Å². The quantitative estimate of drug-likeness (QED) is 0.222. The van der Waals surface area contributed by atoms with Gasteiger partial charge in [0.2, 0.25) is 11.8 Å². The summed E-state index contributed by atoms with van der Waals surface area (Å²) in [6, 6.07) is 23.2. The SMILES string of the molecule is Cc1cc(N(C)CC(=O)N2CCN(CCc3ccccc3)CC2)ccc1Oc1ccc(NC(=O)c2ccc(C(F)(F)F)cc2)cn1. The van der Waals surface area contributed by atoms with E-state index in [4.69, 9.17) is 4.74 Å². The van der Waals surface area contributed by atoms with Crippen LogP contribution in [-0.2, 0) is 17.4 Å². The van der Waals surface area contributed by atoms with Gasteiger partial charge in [-0.1, -0.05) is 30.3 Å². The van der Waals surface area contributed by atoms with Gasteiger partial charge in [0.25, 0.3) is 5.91 Å². The first-order chi connectivity index (χ1) is 22.0. The van der Waals surface area contributed by atoms with Crippen molar-refractivity contribution in [3.63, 3.8) is 0 Å². The summed E-state index contributed by atoms with van der Waals surface area (Å²) in [5, 5.41) is 2.61. The third-order valence-electron chi connectivity index (χ3n) is 7.94. The Kier molecular flexibility index (Phi) is 10.2. The van der Waals surface area contributed by atoms with E-state index in [-0.39, 0.29) is 18.0 Å². The maximum absolute atomic E-state index is 13.1. The Morgan fingerprint density at radius 2 is 1.65 bits per heavy atom. The Hall–Kier alpha value is -4.90. The second kappa shape index (κ2) is 14.5. The molecule has 46 heavy (non-hydrogen) atoms. The Bertz CT molecular complexity index is 1620. The van der Waals surface area contributed by atoms with Crippen LogP contribution in [0, 0.1) is 6.92 Å². The molecule has 11 heteroatoms. The smallest absolute Gasteiger partial charge is 0.416 e. The van der Waals surface area contributed by atoms with Crippen molar-refractivity contribution in [2.75, 3.05) is 56.5 Å². The molecular formula is C35H36F3N5O3. The molecule has 1 N–H and O–H groups in total. The van der Waals surface area contributed by atoms with Crippen LogP contribution in [0.3, 0.4) is 0 Å². The number of nitrogens with one attached hydrogen (secondary N) is 1. The maximum atomic E-state index is 13.1. The van der Waals surface area contributed by atoms with Gasteiger partial charge in [-0.25, -0.2) is 4.98 Å². The van der Waals surface area contributed by atoms with E-state index in [1.807, 2.05) is 48.0 Å². The van der Waals surface area contributed by atoms with Crippen LogP contribution >= 0.6 is 0 Å². The second-order valence-corrected chi connectivity index (χ2v) is 11.3. The van der Waals surface area contributed by atoms with Crippen molar-refractivity contribution in [1.82, 2.24) is 14.8 Å². The fraction of sp³-hybridized carbons (Fsp3) is 0.286. The summed E-state index contributed by atoms with van der Waals surface area (Å²) in [5.41, 5.74) is 2.69. The van der Waals surface area contributed by atoms with Gasteiger partial charge in [0, 0.05) is 57.1 Å². The normalized spacial score (nSPS) is 13.7. The van der Waals surface area contributed by atoms with Crippen LogP contribution in [0.5, 0.6) is 11.6 Å². The lowest BCUT2D eigenvalue weighted by molar-refractivity contribution is -0.137. The zero-order valence-corrected chi connectivity index (χ0v) is 25.8. The van der Waals surface area contributed by atoms with Gasteiger partial charge < -0.3 is 19.9 Å². The van der Waals surface area contributed by atoms with Gasteiger partial charge in [0.1, 0.15) is 5.75 Å². The molecular weight excluding hydrogens is 595 g/mol. The molecule has 0 unspecified atom stereocenters. The number of nitrogens with zero attached hydrogens (tertiary/aromatic N) is 4. The molecule has 3 aromatic carbocycles. The molecule has 8 nitrogen and oxygen atoms in total. The zero-order chi connectivity index (χ0) is 32.7. The predicted molar refractivity (Wildman–Crippen MR) is 171 cm³/mol. The fourth-order valence-electron chi connectivity index (χ4n) is 5.17. The number of piperazine rings is 1. The third kappa shape index (κ3) is 8.63. The number of hydrogen-bond donors (Lipinski definition) is 1. The number of hydrogen-bond acceptors (Lipinski definition) is 6. The van der Waals surface area contributed by atoms with E-state index in [0.717, 1.165) is 74.7 Å². The lowest BCUT2D eigenvalue weighted by Gasteiger charge is -2.35. The molecule has 2 amide bonds. The molecule has 1 saturated heterocycles. The highest BCUT2D eigenvalue weighted by molar-refractivity contribution is 6.04. The lowest BCUT2D eigenvalue weighted by Crippen LogP contribution is -2.51. The minimum absolute atomic E-state index is 0.0906. The molecule has 0 radical (unpaired) electrons. The van der Waals surface area contributed by atoms with Gasteiger partial charge in [0.05, 0.1) is 24.0 Å². The molecule has 1 aliphatic rings. The number of carbonyl (C=O) groups is 2. The molecule has 240 valence electrons. The second-order valence-electron chi connectivity index (χ2n) is 11.3. The molecule has 5 rings (SSSR count). The monoisotopic (exact) mass is 631 g/mol. The number of likely N-dealkylation sites (N-methyl/N-ethyl adjacent to an activating group) is 1. The molecule has 1 fully saturated rings. The molecule has 0 saturated carbocycles. The highest BCUT2D eigenvalue weighted by Crippen LogP contribution is 2.30. The van der Waals surface area contributed by atoms with Gasteiger partial charge in [0.15, 0.2) is 0 Å². The van der Waals surface area contributed by atoms with Crippen LogP contribution < -0.4 is 15.0 Å². The largest absolute Gasteiger partial charge is 0.439 e. The van der Waals surface area contributed by atoms with Gasteiger partial charge >= 0.3 is 6.18 Å². The number of ether oxygens (including phenoxy) is 1. The Morgan fingerprint density at radius 1 is 0.935 bits per heavy atom. The average Bonchev–Trinajstić information content (AvgIpc) is 3.06. The number of benzene rings is 3. The molecule has 4 aromatic rings. The molecule has 0 bridgehead atoms. The topological polar surface area (TPSA) is 78.0 Å². The van der Waals surface area contributed by atoms with Crippen LogP contribution in [0.2, 0.25) is 0 Å². The lowest BCUT2D eigenvalue weighted by atomic mass is 10.1. The number of alkyl halides is 3. The standard InChI is InChI=1S/C35H36F3N5O3/c1-25-22-30(41(2)24-33(44)43-20-18-42(19-21-43)17-16-26-6-4-3-5-7-26)13-14-31(25)46-32-15-12-29(23-39-32)40-34(45)27-8-10-28(11-9-27)35(36,37)38/h3-15,22-23H,16-21,24H2,1-2H3,(H,40,45). The molecule has 1 aromatic heterocycles. The van der Waals surface area contributed by atoms with E-state index < -0.39 is 17.6 Å². The Morgan fingerprint density at radius 3 is 2.28 bits per heavy atom. The Balaban J connectivity index is 1.08. The van der Waals surface area contributed by atoms with Crippen molar-refractivity contribution in [1.29, 1.82) is 0 Å².